The van der Waals surface area contributed by atoms with E-state index < -0.39 is 0 Å². The molecule has 0 saturated carbocycles. The molecule has 0 atom stereocenters. The van der Waals surface area contributed by atoms with Crippen LogP contribution in [0, 0.1) is 12.8 Å². The summed E-state index contributed by atoms with van der Waals surface area (Å²) < 4.78 is 7.80. The Morgan fingerprint density at radius 1 is 1.00 bits per heavy atom. The van der Waals surface area contributed by atoms with Crippen LogP contribution in [-0.2, 0) is 24.3 Å². The van der Waals surface area contributed by atoms with Crippen molar-refractivity contribution in [3.8, 4) is 0 Å². The van der Waals surface area contributed by atoms with Gasteiger partial charge in [0.1, 0.15) is 5.76 Å². The van der Waals surface area contributed by atoms with Crippen molar-refractivity contribution in [2.75, 3.05) is 19.6 Å². The van der Waals surface area contributed by atoms with Gasteiger partial charge < -0.3 is 14.3 Å². The molecule has 0 aliphatic carbocycles. The highest BCUT2D eigenvalue weighted by molar-refractivity contribution is 5.81. The quantitative estimate of drug-likeness (QED) is 0.399. The van der Waals surface area contributed by atoms with Crippen molar-refractivity contribution in [1.29, 1.82) is 0 Å². The van der Waals surface area contributed by atoms with E-state index in [-0.39, 0.29) is 11.8 Å². The molecule has 0 spiro atoms. The summed E-state index contributed by atoms with van der Waals surface area (Å²) in [6, 6.07) is 23.6. The molecule has 176 valence electrons. The predicted octanol–water partition coefficient (Wildman–Crippen LogP) is 5.16. The number of fused-ring (bicyclic) bond motifs is 1. The number of carbonyl (C=O) groups excluding carboxylic acids is 1. The van der Waals surface area contributed by atoms with Crippen molar-refractivity contribution in [2.45, 2.75) is 39.3 Å². The normalized spacial score (nSPS) is 15.1. The minimum absolute atomic E-state index is 0.103. The van der Waals surface area contributed by atoms with E-state index in [1.807, 2.05) is 12.1 Å². The van der Waals surface area contributed by atoms with Crippen LogP contribution in [0.2, 0.25) is 0 Å². The number of para-hydroxylation sites is 1. The van der Waals surface area contributed by atoms with Gasteiger partial charge in [0.15, 0.2) is 0 Å². The zero-order valence-electron chi connectivity index (χ0n) is 19.9. The number of rotatable bonds is 8. The number of nitrogens with one attached hydrogen (secondary N) is 1. The van der Waals surface area contributed by atoms with E-state index >= 15 is 0 Å². The third kappa shape index (κ3) is 5.26. The third-order valence-corrected chi connectivity index (χ3v) is 6.95. The fourth-order valence-corrected chi connectivity index (χ4v) is 4.95. The number of furan rings is 1. The molecule has 0 unspecified atom stereocenters. The smallest absolute Gasteiger partial charge is 0.223 e. The number of aryl methyl sites for hydroxylation is 1. The summed E-state index contributed by atoms with van der Waals surface area (Å²) in [5, 5.41) is 4.38. The van der Waals surface area contributed by atoms with E-state index in [1.165, 1.54) is 27.7 Å². The fraction of sp³-hybridized carbons (Fsp3) is 0.345. The molecule has 5 nitrogen and oxygen atoms in total. The second kappa shape index (κ2) is 10.3. The Balaban J connectivity index is 1.20. The summed E-state index contributed by atoms with van der Waals surface area (Å²) in [5.41, 5.74) is 5.22. The van der Waals surface area contributed by atoms with Crippen LogP contribution >= 0.6 is 0 Å². The minimum Gasteiger partial charge on any atom is -0.469 e. The Bertz CT molecular complexity index is 1220. The van der Waals surface area contributed by atoms with Crippen LogP contribution in [0.25, 0.3) is 10.9 Å². The highest BCUT2D eigenvalue weighted by Gasteiger charge is 2.25. The maximum Gasteiger partial charge on any atom is 0.223 e. The lowest BCUT2D eigenvalue weighted by atomic mass is 9.95. The van der Waals surface area contributed by atoms with Crippen LogP contribution in [0.1, 0.15) is 35.4 Å². The van der Waals surface area contributed by atoms with Gasteiger partial charge in [-0.3, -0.25) is 9.69 Å². The molecule has 1 aliphatic rings. The fourth-order valence-electron chi connectivity index (χ4n) is 4.95. The number of aromatic nitrogens is 1. The molecule has 2 aromatic carbocycles. The molecule has 0 bridgehead atoms. The Hall–Kier alpha value is -3.31. The average Bonchev–Trinajstić information content (AvgIpc) is 3.49. The lowest BCUT2D eigenvalue weighted by molar-refractivity contribution is -0.126. The van der Waals surface area contributed by atoms with Gasteiger partial charge in [-0.1, -0.05) is 48.0 Å². The monoisotopic (exact) mass is 455 g/mol. The minimum atomic E-state index is 0.103. The molecule has 34 heavy (non-hydrogen) atoms. The number of amides is 1. The van der Waals surface area contributed by atoms with Crippen molar-refractivity contribution in [2.24, 2.45) is 5.92 Å². The van der Waals surface area contributed by atoms with Gasteiger partial charge in [0.2, 0.25) is 5.91 Å². The summed E-state index contributed by atoms with van der Waals surface area (Å²) >= 11 is 0. The number of benzene rings is 2. The maximum absolute atomic E-state index is 12.6. The topological polar surface area (TPSA) is 50.4 Å². The van der Waals surface area contributed by atoms with E-state index in [2.05, 4.69) is 76.3 Å². The van der Waals surface area contributed by atoms with Crippen molar-refractivity contribution < 1.29 is 9.21 Å². The first-order valence-electron chi connectivity index (χ1n) is 12.3. The third-order valence-electron chi connectivity index (χ3n) is 6.95. The van der Waals surface area contributed by atoms with Crippen LogP contribution in [0.15, 0.2) is 77.4 Å². The number of piperidine rings is 1. The van der Waals surface area contributed by atoms with Gasteiger partial charge in [-0.25, -0.2) is 0 Å². The van der Waals surface area contributed by atoms with Gasteiger partial charge in [0.05, 0.1) is 6.26 Å². The summed E-state index contributed by atoms with van der Waals surface area (Å²) in [4.78, 5) is 15.1. The van der Waals surface area contributed by atoms with Gasteiger partial charge in [-0.15, -0.1) is 0 Å². The number of carbonyl (C=O) groups is 1. The lowest BCUT2D eigenvalue weighted by Crippen LogP contribution is -2.40. The summed E-state index contributed by atoms with van der Waals surface area (Å²) in [7, 11) is 0. The highest BCUT2D eigenvalue weighted by atomic mass is 16.3. The standard InChI is InChI=1S/C29H33N3O2/c1-22-8-10-23(11-9-22)20-32-26(19-25-5-2-3-7-28(25)32)21-31-16-13-24(14-17-31)29(33)30-15-12-27-6-4-18-34-27/h2-11,18-19,24H,12-17,20-21H2,1H3,(H,30,33). The largest absolute Gasteiger partial charge is 0.469 e. The molecular formula is C29H33N3O2. The summed E-state index contributed by atoms with van der Waals surface area (Å²) in [6.45, 7) is 6.44. The first-order valence-corrected chi connectivity index (χ1v) is 12.3. The van der Waals surface area contributed by atoms with Gasteiger partial charge >= 0.3 is 0 Å². The van der Waals surface area contributed by atoms with Gasteiger partial charge in [0.25, 0.3) is 0 Å². The molecule has 1 saturated heterocycles. The molecule has 4 aromatic rings. The average molecular weight is 456 g/mol. The number of hydrogen-bond acceptors (Lipinski definition) is 3. The van der Waals surface area contributed by atoms with Crippen LogP contribution in [0.5, 0.6) is 0 Å². The van der Waals surface area contributed by atoms with Gasteiger partial charge in [-0.05, 0) is 68.1 Å². The Morgan fingerprint density at radius 2 is 1.79 bits per heavy atom. The SMILES string of the molecule is Cc1ccc(Cn2c(CN3CCC(C(=O)NCCc4ccco4)CC3)cc3ccccc32)cc1. The Labute approximate surface area is 201 Å². The Kier molecular flexibility index (Phi) is 6.82. The van der Waals surface area contributed by atoms with E-state index in [0.29, 0.717) is 6.54 Å². The first-order chi connectivity index (χ1) is 16.7. The molecule has 1 fully saturated rings. The zero-order chi connectivity index (χ0) is 23.3. The van der Waals surface area contributed by atoms with Gasteiger partial charge in [-0.2, -0.15) is 0 Å². The summed E-state index contributed by atoms with van der Waals surface area (Å²) in [5.74, 6) is 1.20. The zero-order valence-corrected chi connectivity index (χ0v) is 19.9. The van der Waals surface area contributed by atoms with E-state index in [4.69, 9.17) is 4.42 Å². The second-order valence-corrected chi connectivity index (χ2v) is 9.44. The number of likely N-dealkylation sites (tertiary alicyclic amines) is 1. The van der Waals surface area contributed by atoms with Gasteiger partial charge in [0, 0.05) is 43.2 Å². The van der Waals surface area contributed by atoms with Crippen LogP contribution < -0.4 is 5.32 Å². The molecule has 5 rings (SSSR count). The molecule has 1 N–H and O–H groups in total. The van der Waals surface area contributed by atoms with Crippen molar-refractivity contribution >= 4 is 16.8 Å². The van der Waals surface area contributed by atoms with Crippen LogP contribution in [-0.4, -0.2) is 35.0 Å². The highest BCUT2D eigenvalue weighted by Crippen LogP contribution is 2.25. The predicted molar refractivity (Wildman–Crippen MR) is 136 cm³/mol. The number of hydrogen-bond donors (Lipinski definition) is 1. The molecule has 0 radical (unpaired) electrons. The van der Waals surface area contributed by atoms with E-state index in [0.717, 1.165) is 51.2 Å². The van der Waals surface area contributed by atoms with E-state index in [9.17, 15) is 4.79 Å². The number of nitrogens with zero attached hydrogens (tertiary/aromatic N) is 2. The van der Waals surface area contributed by atoms with E-state index in [1.54, 1.807) is 6.26 Å². The molecule has 1 amide bonds. The van der Waals surface area contributed by atoms with Crippen LogP contribution in [0.3, 0.4) is 0 Å². The van der Waals surface area contributed by atoms with Crippen LogP contribution in [0.4, 0.5) is 0 Å². The molecular weight excluding hydrogens is 422 g/mol. The molecule has 1 aliphatic heterocycles. The van der Waals surface area contributed by atoms with Crippen molar-refractivity contribution in [3.05, 3.63) is 95.6 Å². The maximum atomic E-state index is 12.6. The van der Waals surface area contributed by atoms with Crippen molar-refractivity contribution in [1.82, 2.24) is 14.8 Å². The second-order valence-electron chi connectivity index (χ2n) is 9.44. The lowest BCUT2D eigenvalue weighted by Gasteiger charge is -2.31. The molecule has 3 heterocycles. The molecule has 5 heteroatoms. The Morgan fingerprint density at radius 3 is 2.56 bits per heavy atom. The van der Waals surface area contributed by atoms with Crippen molar-refractivity contribution in [3.63, 3.8) is 0 Å². The molecule has 2 aromatic heterocycles. The first kappa shape index (κ1) is 22.5. The summed E-state index contributed by atoms with van der Waals surface area (Å²) in [6.07, 6.45) is 4.23.